The van der Waals surface area contributed by atoms with E-state index in [2.05, 4.69) is 10.3 Å². The van der Waals surface area contributed by atoms with Gasteiger partial charge in [0.05, 0.1) is 18.6 Å². The molecule has 0 aliphatic carbocycles. The van der Waals surface area contributed by atoms with Crippen molar-refractivity contribution >= 4 is 17.7 Å². The quantitative estimate of drug-likeness (QED) is 0.603. The van der Waals surface area contributed by atoms with Gasteiger partial charge in [-0.25, -0.2) is 9.37 Å². The number of nitrogens with zero attached hydrogens (tertiary/aromatic N) is 2. The molecule has 0 unspecified atom stereocenters. The fourth-order valence-electron chi connectivity index (χ4n) is 2.53. The number of carbonyl (C=O) groups is 1. The lowest BCUT2D eigenvalue weighted by Gasteiger charge is -2.09. The Morgan fingerprint density at radius 2 is 2.07 bits per heavy atom. The molecule has 1 N–H and O–H groups in total. The Bertz CT molecular complexity index is 896. The van der Waals surface area contributed by atoms with Gasteiger partial charge in [-0.15, -0.1) is 0 Å². The maximum atomic E-state index is 12.9. The number of ether oxygens (including phenoxy) is 1. The van der Waals surface area contributed by atoms with E-state index < -0.39 is 0 Å². The van der Waals surface area contributed by atoms with E-state index in [0.717, 1.165) is 22.2 Å². The Morgan fingerprint density at radius 1 is 1.26 bits per heavy atom. The maximum absolute atomic E-state index is 12.9. The lowest BCUT2D eigenvalue weighted by atomic mass is 10.1. The smallest absolute Gasteiger partial charge is 0.230 e. The highest BCUT2D eigenvalue weighted by Gasteiger charge is 2.09. The van der Waals surface area contributed by atoms with Gasteiger partial charge in [-0.3, -0.25) is 9.36 Å². The van der Waals surface area contributed by atoms with Gasteiger partial charge < -0.3 is 10.1 Å². The van der Waals surface area contributed by atoms with Crippen LogP contribution in [0.1, 0.15) is 5.56 Å². The summed E-state index contributed by atoms with van der Waals surface area (Å²) in [5.74, 6) is 0.702. The first-order valence-electron chi connectivity index (χ1n) is 8.47. The van der Waals surface area contributed by atoms with Crippen molar-refractivity contribution in [1.29, 1.82) is 0 Å². The largest absolute Gasteiger partial charge is 0.497 e. The van der Waals surface area contributed by atoms with Crippen LogP contribution in [-0.2, 0) is 11.2 Å². The van der Waals surface area contributed by atoms with Crippen molar-refractivity contribution in [3.8, 4) is 11.4 Å². The first kappa shape index (κ1) is 19.0. The molecule has 2 aromatic carbocycles. The third-order valence-electron chi connectivity index (χ3n) is 3.92. The molecule has 1 heterocycles. The standard InChI is InChI=1S/C20H20FN3O2S/c1-26-18-4-2-3-17(13-18)24-12-11-23-20(24)27-14-19(25)22-10-9-15-5-7-16(21)8-6-15/h2-8,11-13H,9-10,14H2,1H3,(H,22,25). The number of methoxy groups -OCH3 is 1. The van der Waals surface area contributed by atoms with Crippen LogP contribution in [0.15, 0.2) is 66.1 Å². The second-order valence-corrected chi connectivity index (χ2v) is 6.74. The fourth-order valence-corrected chi connectivity index (χ4v) is 3.33. The average molecular weight is 385 g/mol. The Hall–Kier alpha value is -2.80. The molecule has 0 aliphatic rings. The molecule has 1 amide bonds. The van der Waals surface area contributed by atoms with Crippen LogP contribution < -0.4 is 10.1 Å². The van der Waals surface area contributed by atoms with Crippen molar-refractivity contribution in [3.63, 3.8) is 0 Å². The van der Waals surface area contributed by atoms with Gasteiger partial charge in [0.1, 0.15) is 11.6 Å². The number of thioether (sulfide) groups is 1. The van der Waals surface area contributed by atoms with Crippen LogP contribution in [0.25, 0.3) is 5.69 Å². The molecule has 3 aromatic rings. The second-order valence-electron chi connectivity index (χ2n) is 5.80. The van der Waals surface area contributed by atoms with Gasteiger partial charge >= 0.3 is 0 Å². The molecule has 5 nitrogen and oxygen atoms in total. The van der Waals surface area contributed by atoms with Crippen molar-refractivity contribution < 1.29 is 13.9 Å². The number of benzene rings is 2. The van der Waals surface area contributed by atoms with Crippen LogP contribution in [0.2, 0.25) is 0 Å². The Balaban J connectivity index is 1.50. The predicted molar refractivity (Wildman–Crippen MR) is 104 cm³/mol. The van der Waals surface area contributed by atoms with Crippen molar-refractivity contribution in [1.82, 2.24) is 14.9 Å². The number of rotatable bonds is 8. The minimum absolute atomic E-state index is 0.0673. The van der Waals surface area contributed by atoms with Crippen molar-refractivity contribution in [3.05, 3.63) is 72.3 Å². The first-order valence-corrected chi connectivity index (χ1v) is 9.46. The molecule has 0 fully saturated rings. The van der Waals surface area contributed by atoms with Crippen molar-refractivity contribution in [2.45, 2.75) is 11.6 Å². The third kappa shape index (κ3) is 5.34. The normalized spacial score (nSPS) is 10.6. The van der Waals surface area contributed by atoms with Gasteiger partial charge in [0, 0.05) is 25.0 Å². The molecule has 0 spiro atoms. The van der Waals surface area contributed by atoms with Crippen LogP contribution >= 0.6 is 11.8 Å². The topological polar surface area (TPSA) is 56.2 Å². The summed E-state index contributed by atoms with van der Waals surface area (Å²) in [5, 5.41) is 3.61. The van der Waals surface area contributed by atoms with Gasteiger partial charge in [0.15, 0.2) is 5.16 Å². The van der Waals surface area contributed by atoms with Crippen molar-refractivity contribution in [2.75, 3.05) is 19.4 Å². The Morgan fingerprint density at radius 3 is 2.85 bits per heavy atom. The zero-order chi connectivity index (χ0) is 19.1. The second kappa shape index (κ2) is 9.23. The highest BCUT2D eigenvalue weighted by atomic mass is 32.2. The lowest BCUT2D eigenvalue weighted by molar-refractivity contribution is -0.118. The molecule has 0 radical (unpaired) electrons. The summed E-state index contributed by atoms with van der Waals surface area (Å²) in [6.07, 6.45) is 4.22. The molecule has 0 saturated heterocycles. The number of aromatic nitrogens is 2. The predicted octanol–water partition coefficient (Wildman–Crippen LogP) is 3.47. The van der Waals surface area contributed by atoms with Crippen LogP contribution in [0.5, 0.6) is 5.75 Å². The van der Waals surface area contributed by atoms with E-state index in [1.807, 2.05) is 35.0 Å². The summed E-state index contributed by atoms with van der Waals surface area (Å²) in [6, 6.07) is 13.9. The Kier molecular flexibility index (Phi) is 6.49. The minimum Gasteiger partial charge on any atom is -0.497 e. The summed E-state index contributed by atoms with van der Waals surface area (Å²) >= 11 is 1.37. The van der Waals surface area contributed by atoms with Crippen LogP contribution in [0, 0.1) is 5.82 Å². The fraction of sp³-hybridized carbons (Fsp3) is 0.200. The molecule has 140 valence electrons. The number of amides is 1. The van der Waals surface area contributed by atoms with E-state index >= 15 is 0 Å². The van der Waals surface area contributed by atoms with E-state index in [4.69, 9.17) is 4.74 Å². The molecule has 0 saturated carbocycles. The van der Waals surface area contributed by atoms with Gasteiger partial charge in [-0.2, -0.15) is 0 Å². The zero-order valence-corrected chi connectivity index (χ0v) is 15.7. The number of carbonyl (C=O) groups excluding carboxylic acids is 1. The number of imidazole rings is 1. The van der Waals surface area contributed by atoms with E-state index in [1.54, 1.807) is 25.4 Å². The van der Waals surface area contributed by atoms with E-state index in [-0.39, 0.29) is 17.5 Å². The lowest BCUT2D eigenvalue weighted by Crippen LogP contribution is -2.27. The number of halogens is 1. The van der Waals surface area contributed by atoms with E-state index in [9.17, 15) is 9.18 Å². The van der Waals surface area contributed by atoms with Crippen LogP contribution in [0.4, 0.5) is 4.39 Å². The van der Waals surface area contributed by atoms with Gasteiger partial charge in [0.2, 0.25) is 5.91 Å². The van der Waals surface area contributed by atoms with Gasteiger partial charge in [-0.05, 0) is 36.2 Å². The number of hydrogen-bond donors (Lipinski definition) is 1. The molecule has 7 heteroatoms. The van der Waals surface area contributed by atoms with Gasteiger partial charge in [-0.1, -0.05) is 30.0 Å². The molecule has 1 aromatic heterocycles. The van der Waals surface area contributed by atoms with Crippen LogP contribution in [-0.4, -0.2) is 34.9 Å². The third-order valence-corrected chi connectivity index (χ3v) is 4.89. The average Bonchev–Trinajstić information content (AvgIpc) is 3.16. The van der Waals surface area contributed by atoms with Crippen molar-refractivity contribution in [2.24, 2.45) is 0 Å². The summed E-state index contributed by atoms with van der Waals surface area (Å²) in [4.78, 5) is 16.4. The monoisotopic (exact) mass is 385 g/mol. The minimum atomic E-state index is -0.259. The molecular weight excluding hydrogens is 365 g/mol. The first-order chi connectivity index (χ1) is 13.2. The molecule has 0 aliphatic heterocycles. The number of nitrogens with one attached hydrogen (secondary N) is 1. The summed E-state index contributed by atoms with van der Waals surface area (Å²) < 4.78 is 20.1. The molecule has 3 rings (SSSR count). The maximum Gasteiger partial charge on any atom is 0.230 e. The van der Waals surface area contributed by atoms with Crippen LogP contribution in [0.3, 0.4) is 0 Å². The zero-order valence-electron chi connectivity index (χ0n) is 14.9. The van der Waals surface area contributed by atoms with E-state index in [1.165, 1.54) is 23.9 Å². The molecule has 0 bridgehead atoms. The summed E-state index contributed by atoms with van der Waals surface area (Å²) in [6.45, 7) is 0.509. The molecule has 27 heavy (non-hydrogen) atoms. The highest BCUT2D eigenvalue weighted by Crippen LogP contribution is 2.23. The summed E-state index contributed by atoms with van der Waals surface area (Å²) in [5.41, 5.74) is 1.91. The molecule has 0 atom stereocenters. The van der Waals surface area contributed by atoms with Gasteiger partial charge in [0.25, 0.3) is 0 Å². The highest BCUT2D eigenvalue weighted by molar-refractivity contribution is 7.99. The summed E-state index contributed by atoms with van der Waals surface area (Å²) in [7, 11) is 1.62. The molecular formula is C20H20FN3O2S. The Labute approximate surface area is 161 Å². The number of hydrogen-bond acceptors (Lipinski definition) is 4. The SMILES string of the molecule is COc1cccc(-n2ccnc2SCC(=O)NCCc2ccc(F)cc2)c1. The van der Waals surface area contributed by atoms with E-state index in [0.29, 0.717) is 13.0 Å².